The molecule has 0 spiro atoms. The van der Waals surface area contributed by atoms with Crippen LogP contribution in [-0.4, -0.2) is 84.2 Å². The lowest BCUT2D eigenvalue weighted by atomic mass is 10.0. The minimum absolute atomic E-state index is 0.00474. The second kappa shape index (κ2) is 11.3. The minimum atomic E-state index is -0.519. The Morgan fingerprint density at radius 1 is 1.17 bits per heavy atom. The third-order valence-corrected chi connectivity index (χ3v) is 6.48. The lowest BCUT2D eigenvalue weighted by Gasteiger charge is -2.37. The fourth-order valence-corrected chi connectivity index (χ4v) is 4.50. The number of likely N-dealkylation sites (tertiary alicyclic amines) is 1. The van der Waals surface area contributed by atoms with Crippen molar-refractivity contribution in [2.24, 2.45) is 0 Å². The third-order valence-electron chi connectivity index (χ3n) is 6.48. The van der Waals surface area contributed by atoms with Crippen LogP contribution >= 0.6 is 0 Å². The summed E-state index contributed by atoms with van der Waals surface area (Å²) in [6.45, 7) is 4.32. The molecule has 0 radical (unpaired) electrons. The molecule has 0 unspecified atom stereocenters. The van der Waals surface area contributed by atoms with Crippen LogP contribution in [0.1, 0.15) is 30.4 Å². The molecular formula is C24H30N6O5. The summed E-state index contributed by atoms with van der Waals surface area (Å²) in [6, 6.07) is 5.89. The van der Waals surface area contributed by atoms with Gasteiger partial charge in [-0.15, -0.1) is 0 Å². The molecular weight excluding hydrogens is 452 g/mol. The number of aromatic nitrogens is 3. The van der Waals surface area contributed by atoms with Crippen molar-refractivity contribution in [2.75, 3.05) is 44.9 Å². The van der Waals surface area contributed by atoms with E-state index < -0.39 is 12.2 Å². The maximum absolute atomic E-state index is 13.1. The molecule has 0 aliphatic carbocycles. The monoisotopic (exact) mass is 482 g/mol. The fraction of sp³-hybridized carbons (Fsp3) is 0.542. The summed E-state index contributed by atoms with van der Waals surface area (Å²) in [5, 5.41) is 15.1. The van der Waals surface area contributed by atoms with Crippen LogP contribution in [0.25, 0.3) is 0 Å². The molecule has 2 fully saturated rings. The number of carbonyl (C=O) groups excluding carboxylic acids is 1. The number of hydrogen-bond donors (Lipinski definition) is 1. The van der Waals surface area contributed by atoms with Crippen molar-refractivity contribution in [1.29, 1.82) is 5.26 Å². The van der Waals surface area contributed by atoms with Crippen LogP contribution in [-0.2, 0) is 14.3 Å². The molecule has 0 bridgehead atoms. The van der Waals surface area contributed by atoms with E-state index in [9.17, 15) is 9.59 Å². The van der Waals surface area contributed by atoms with Gasteiger partial charge in [0.05, 0.1) is 30.5 Å². The highest BCUT2D eigenvalue weighted by molar-refractivity contribution is 5.83. The molecule has 2 saturated heterocycles. The molecule has 11 nitrogen and oxygen atoms in total. The van der Waals surface area contributed by atoms with Crippen molar-refractivity contribution in [3.8, 4) is 11.8 Å². The van der Waals surface area contributed by atoms with Crippen molar-refractivity contribution in [1.82, 2.24) is 20.1 Å². The first-order valence-electron chi connectivity index (χ1n) is 11.7. The number of amides is 1. The number of hydrogen-bond acceptors (Lipinski definition) is 9. The quantitative estimate of drug-likeness (QED) is 0.556. The van der Waals surface area contributed by atoms with Crippen LogP contribution in [0.2, 0.25) is 0 Å². The number of piperidine rings is 1. The van der Waals surface area contributed by atoms with Crippen molar-refractivity contribution in [3.05, 3.63) is 46.0 Å². The molecule has 2 aliphatic heterocycles. The lowest BCUT2D eigenvalue weighted by Crippen LogP contribution is -2.47. The van der Waals surface area contributed by atoms with Gasteiger partial charge in [0, 0.05) is 45.4 Å². The van der Waals surface area contributed by atoms with E-state index in [0.29, 0.717) is 29.8 Å². The van der Waals surface area contributed by atoms with E-state index in [1.165, 1.54) is 6.20 Å². The number of pyridine rings is 1. The number of H-pyrrole nitrogens is 1. The third kappa shape index (κ3) is 5.78. The topological polar surface area (TPSA) is 134 Å². The Kier molecular flexibility index (Phi) is 7.94. The number of rotatable bonds is 9. The highest BCUT2D eigenvalue weighted by atomic mass is 16.6. The van der Waals surface area contributed by atoms with Gasteiger partial charge in [0.15, 0.2) is 0 Å². The second-order valence-electron chi connectivity index (χ2n) is 8.76. The van der Waals surface area contributed by atoms with Crippen LogP contribution in [0.5, 0.6) is 5.75 Å². The van der Waals surface area contributed by atoms with Crippen molar-refractivity contribution < 1.29 is 19.0 Å². The Labute approximate surface area is 203 Å². The molecule has 2 aliphatic rings. The summed E-state index contributed by atoms with van der Waals surface area (Å²) >= 11 is 0. The molecule has 1 N–H and O–H groups in total. The number of carbonyl (C=O) groups is 1. The van der Waals surface area contributed by atoms with Gasteiger partial charge in [-0.3, -0.25) is 9.59 Å². The maximum atomic E-state index is 13.1. The summed E-state index contributed by atoms with van der Waals surface area (Å²) in [6.07, 6.45) is 4.36. The number of aromatic amines is 1. The molecule has 2 atom stereocenters. The number of methoxy groups -OCH3 is 1. The van der Waals surface area contributed by atoms with Gasteiger partial charge in [0.1, 0.15) is 29.8 Å². The lowest BCUT2D eigenvalue weighted by molar-refractivity contribution is -0.141. The van der Waals surface area contributed by atoms with Crippen LogP contribution in [0, 0.1) is 18.3 Å². The standard InChI is InChI=1S/C24H30N6O5/c1-16-21(13-27-28-23(16)31)35-19(14-33-2)15-34-20-7-10-30(24(20)32)18-5-8-29(9-6-18)22-4-3-17(11-25)12-26-22/h3-4,12-13,18-20H,5-10,14-15H2,1-2H3,(H,28,31)/t19-,20+/m0/s1. The molecule has 0 aromatic carbocycles. The average molecular weight is 483 g/mol. The maximum Gasteiger partial charge on any atom is 0.270 e. The summed E-state index contributed by atoms with van der Waals surface area (Å²) < 4.78 is 17.1. The van der Waals surface area contributed by atoms with Crippen LogP contribution < -0.4 is 15.2 Å². The van der Waals surface area contributed by atoms with E-state index in [-0.39, 0.29) is 30.7 Å². The van der Waals surface area contributed by atoms with Gasteiger partial charge in [-0.1, -0.05) is 0 Å². The number of ether oxygens (including phenoxy) is 3. The number of nitrogens with one attached hydrogen (secondary N) is 1. The number of nitriles is 1. The van der Waals surface area contributed by atoms with E-state index in [2.05, 4.69) is 26.2 Å². The molecule has 4 rings (SSSR count). The Morgan fingerprint density at radius 2 is 1.97 bits per heavy atom. The first-order chi connectivity index (χ1) is 17.0. The SMILES string of the molecule is COC[C@@H](CO[C@@H]1CCN(C2CCN(c3ccc(C#N)cn3)CC2)C1=O)Oc1cn[nH]c(=O)c1C. The molecule has 0 saturated carbocycles. The summed E-state index contributed by atoms with van der Waals surface area (Å²) in [5.74, 6) is 1.22. The fourth-order valence-electron chi connectivity index (χ4n) is 4.50. The first-order valence-corrected chi connectivity index (χ1v) is 11.7. The van der Waals surface area contributed by atoms with Gasteiger partial charge in [0.2, 0.25) is 0 Å². The zero-order chi connectivity index (χ0) is 24.8. The Morgan fingerprint density at radius 3 is 2.66 bits per heavy atom. The van der Waals surface area contributed by atoms with Crippen LogP contribution in [0.3, 0.4) is 0 Å². The van der Waals surface area contributed by atoms with Crippen LogP contribution in [0.15, 0.2) is 29.3 Å². The molecule has 1 amide bonds. The first kappa shape index (κ1) is 24.6. The number of nitrogens with zero attached hydrogens (tertiary/aromatic N) is 5. The van der Waals surface area contributed by atoms with E-state index in [0.717, 1.165) is 31.7 Å². The molecule has 186 valence electrons. The van der Waals surface area contributed by atoms with E-state index in [4.69, 9.17) is 19.5 Å². The summed E-state index contributed by atoms with van der Waals surface area (Å²) in [5.41, 5.74) is 0.647. The highest BCUT2D eigenvalue weighted by Crippen LogP contribution is 2.26. The molecule has 11 heteroatoms. The van der Waals surface area contributed by atoms with Gasteiger partial charge in [-0.2, -0.15) is 10.4 Å². The largest absolute Gasteiger partial charge is 0.483 e. The average Bonchev–Trinajstić information content (AvgIpc) is 3.25. The molecule has 4 heterocycles. The minimum Gasteiger partial charge on any atom is -0.483 e. The summed E-state index contributed by atoms with van der Waals surface area (Å²) in [7, 11) is 1.56. The molecule has 2 aromatic heterocycles. The Balaban J connectivity index is 1.28. The predicted molar refractivity (Wildman–Crippen MR) is 126 cm³/mol. The molecule has 35 heavy (non-hydrogen) atoms. The van der Waals surface area contributed by atoms with Gasteiger partial charge < -0.3 is 24.0 Å². The Hall–Kier alpha value is -3.49. The predicted octanol–water partition coefficient (Wildman–Crippen LogP) is 1.03. The smallest absolute Gasteiger partial charge is 0.270 e. The number of anilines is 1. The van der Waals surface area contributed by atoms with Gasteiger partial charge >= 0.3 is 0 Å². The Bertz CT molecular complexity index is 1110. The zero-order valence-corrected chi connectivity index (χ0v) is 20.0. The molecule has 2 aromatic rings. The highest BCUT2D eigenvalue weighted by Gasteiger charge is 2.38. The normalized spacial score (nSPS) is 19.6. The second-order valence-corrected chi connectivity index (χ2v) is 8.76. The zero-order valence-electron chi connectivity index (χ0n) is 20.0. The van der Waals surface area contributed by atoms with E-state index in [1.54, 1.807) is 26.3 Å². The van der Waals surface area contributed by atoms with Gasteiger partial charge in [0.25, 0.3) is 11.5 Å². The van der Waals surface area contributed by atoms with Crippen molar-refractivity contribution in [2.45, 2.75) is 44.4 Å². The van der Waals surface area contributed by atoms with Crippen molar-refractivity contribution in [3.63, 3.8) is 0 Å². The van der Waals surface area contributed by atoms with E-state index in [1.807, 2.05) is 11.0 Å². The van der Waals surface area contributed by atoms with Crippen LogP contribution in [0.4, 0.5) is 5.82 Å². The van der Waals surface area contributed by atoms with Crippen molar-refractivity contribution >= 4 is 11.7 Å². The van der Waals surface area contributed by atoms with Gasteiger partial charge in [-0.05, 0) is 31.9 Å². The van der Waals surface area contributed by atoms with E-state index >= 15 is 0 Å². The van der Waals surface area contributed by atoms with Gasteiger partial charge in [-0.25, -0.2) is 10.1 Å². The summed E-state index contributed by atoms with van der Waals surface area (Å²) in [4.78, 5) is 33.3.